The minimum absolute atomic E-state index is 0.0249. The van der Waals surface area contributed by atoms with Crippen LogP contribution in [0.25, 0.3) is 0 Å². The van der Waals surface area contributed by atoms with E-state index in [0.717, 1.165) is 28.6 Å². The average Bonchev–Trinajstić information content (AvgIpc) is 2.76. The van der Waals surface area contributed by atoms with Crippen LogP contribution < -0.4 is 4.74 Å². The van der Waals surface area contributed by atoms with Crippen molar-refractivity contribution >= 4 is 15.9 Å². The predicted octanol–water partition coefficient (Wildman–Crippen LogP) is 4.07. The lowest BCUT2D eigenvalue weighted by Gasteiger charge is -2.31. The SMILES string of the molecule is COc1ccc(C(O)C2(C)CCCC2)c(Br)c1. The molecule has 0 radical (unpaired) electrons. The van der Waals surface area contributed by atoms with Gasteiger partial charge in [-0.3, -0.25) is 0 Å². The van der Waals surface area contributed by atoms with Gasteiger partial charge in [-0.1, -0.05) is 41.8 Å². The lowest BCUT2D eigenvalue weighted by molar-refractivity contribution is 0.0402. The van der Waals surface area contributed by atoms with Gasteiger partial charge in [0.05, 0.1) is 13.2 Å². The normalized spacial score (nSPS) is 20.2. The molecule has 0 amide bonds. The average molecular weight is 299 g/mol. The van der Waals surface area contributed by atoms with Crippen LogP contribution in [-0.2, 0) is 0 Å². The highest BCUT2D eigenvalue weighted by Crippen LogP contribution is 2.48. The molecule has 1 aliphatic rings. The van der Waals surface area contributed by atoms with Crippen LogP contribution in [0.3, 0.4) is 0 Å². The molecule has 0 heterocycles. The van der Waals surface area contributed by atoms with E-state index < -0.39 is 6.10 Å². The number of rotatable bonds is 3. The van der Waals surface area contributed by atoms with Gasteiger partial charge in [-0.15, -0.1) is 0 Å². The quantitative estimate of drug-likeness (QED) is 0.911. The van der Waals surface area contributed by atoms with Crippen LogP contribution >= 0.6 is 15.9 Å². The summed E-state index contributed by atoms with van der Waals surface area (Å²) >= 11 is 3.52. The van der Waals surface area contributed by atoms with Crippen LogP contribution in [0.4, 0.5) is 0 Å². The van der Waals surface area contributed by atoms with E-state index in [1.165, 1.54) is 12.8 Å². The van der Waals surface area contributed by atoms with Gasteiger partial charge in [-0.25, -0.2) is 0 Å². The first-order valence-electron chi connectivity index (χ1n) is 6.08. The second-order valence-corrected chi connectivity index (χ2v) is 6.01. The minimum atomic E-state index is -0.398. The van der Waals surface area contributed by atoms with Crippen molar-refractivity contribution in [2.45, 2.75) is 38.7 Å². The Hall–Kier alpha value is -0.540. The number of hydrogen-bond acceptors (Lipinski definition) is 2. The Morgan fingerprint density at radius 3 is 2.53 bits per heavy atom. The monoisotopic (exact) mass is 298 g/mol. The molecule has 1 unspecified atom stereocenters. The first-order valence-corrected chi connectivity index (χ1v) is 6.88. The van der Waals surface area contributed by atoms with Gasteiger partial charge in [-0.05, 0) is 36.0 Å². The maximum Gasteiger partial charge on any atom is 0.120 e. The van der Waals surface area contributed by atoms with Crippen LogP contribution in [0.2, 0.25) is 0 Å². The first kappa shape index (κ1) is 12.9. The Kier molecular flexibility index (Phi) is 3.79. The molecule has 17 heavy (non-hydrogen) atoms. The Morgan fingerprint density at radius 2 is 2.00 bits per heavy atom. The Bertz CT molecular complexity index is 397. The van der Waals surface area contributed by atoms with Crippen molar-refractivity contribution in [3.8, 4) is 5.75 Å². The second-order valence-electron chi connectivity index (χ2n) is 5.15. The largest absolute Gasteiger partial charge is 0.497 e. The summed E-state index contributed by atoms with van der Waals surface area (Å²) in [5.74, 6) is 0.810. The Balaban J connectivity index is 2.27. The van der Waals surface area contributed by atoms with Crippen molar-refractivity contribution in [1.82, 2.24) is 0 Å². The fraction of sp³-hybridized carbons (Fsp3) is 0.571. The molecule has 1 atom stereocenters. The third kappa shape index (κ3) is 2.50. The highest BCUT2D eigenvalue weighted by Gasteiger charge is 2.37. The molecule has 2 nitrogen and oxygen atoms in total. The van der Waals surface area contributed by atoms with Crippen molar-refractivity contribution in [1.29, 1.82) is 0 Å². The van der Waals surface area contributed by atoms with Crippen molar-refractivity contribution in [2.75, 3.05) is 7.11 Å². The van der Waals surface area contributed by atoms with Crippen LogP contribution in [0.15, 0.2) is 22.7 Å². The van der Waals surface area contributed by atoms with Crippen molar-refractivity contribution in [3.63, 3.8) is 0 Å². The number of halogens is 1. The molecule has 1 aromatic rings. The van der Waals surface area contributed by atoms with Gasteiger partial charge in [0.1, 0.15) is 5.75 Å². The van der Waals surface area contributed by atoms with E-state index in [1.54, 1.807) is 7.11 Å². The molecule has 0 saturated heterocycles. The molecule has 1 N–H and O–H groups in total. The summed E-state index contributed by atoms with van der Waals surface area (Å²) < 4.78 is 6.10. The summed E-state index contributed by atoms with van der Waals surface area (Å²) in [6.45, 7) is 2.18. The van der Waals surface area contributed by atoms with E-state index in [4.69, 9.17) is 4.74 Å². The van der Waals surface area contributed by atoms with Crippen molar-refractivity contribution in [2.24, 2.45) is 5.41 Å². The number of methoxy groups -OCH3 is 1. The highest BCUT2D eigenvalue weighted by molar-refractivity contribution is 9.10. The summed E-state index contributed by atoms with van der Waals surface area (Å²) in [6.07, 6.45) is 4.26. The third-order valence-electron chi connectivity index (χ3n) is 3.91. The maximum absolute atomic E-state index is 10.6. The van der Waals surface area contributed by atoms with Crippen LogP contribution in [0.5, 0.6) is 5.75 Å². The third-order valence-corrected chi connectivity index (χ3v) is 4.59. The van der Waals surface area contributed by atoms with E-state index in [2.05, 4.69) is 22.9 Å². The molecule has 1 aromatic carbocycles. The molecule has 1 saturated carbocycles. The van der Waals surface area contributed by atoms with Gasteiger partial charge in [0.25, 0.3) is 0 Å². The standard InChI is InChI=1S/C14H19BrO2/c1-14(7-3-4-8-14)13(16)11-6-5-10(17-2)9-12(11)15/h5-6,9,13,16H,3-4,7-8H2,1-2H3. The predicted molar refractivity (Wildman–Crippen MR) is 72.2 cm³/mol. The molecule has 1 fully saturated rings. The fourth-order valence-corrected chi connectivity index (χ4v) is 3.26. The zero-order valence-corrected chi connectivity index (χ0v) is 12.0. The van der Waals surface area contributed by atoms with Gasteiger partial charge in [-0.2, -0.15) is 0 Å². The molecule has 1 aliphatic carbocycles. The number of aliphatic hydroxyl groups excluding tert-OH is 1. The molecule has 0 aliphatic heterocycles. The molecule has 2 rings (SSSR count). The van der Waals surface area contributed by atoms with E-state index in [0.29, 0.717) is 0 Å². The van der Waals surface area contributed by atoms with Gasteiger partial charge in [0, 0.05) is 4.47 Å². The summed E-state index contributed by atoms with van der Waals surface area (Å²) in [4.78, 5) is 0. The van der Waals surface area contributed by atoms with E-state index >= 15 is 0 Å². The summed E-state index contributed by atoms with van der Waals surface area (Å²) in [5, 5.41) is 10.6. The number of ether oxygens (including phenoxy) is 1. The summed E-state index contributed by atoms with van der Waals surface area (Å²) in [5.41, 5.74) is 0.993. The van der Waals surface area contributed by atoms with Crippen LogP contribution in [-0.4, -0.2) is 12.2 Å². The summed E-state index contributed by atoms with van der Waals surface area (Å²) in [6, 6.07) is 5.77. The molecular weight excluding hydrogens is 280 g/mol. The molecule has 0 bridgehead atoms. The van der Waals surface area contributed by atoms with E-state index in [-0.39, 0.29) is 5.41 Å². The Labute approximate surface area is 111 Å². The zero-order chi connectivity index (χ0) is 12.5. The molecule has 94 valence electrons. The molecular formula is C14H19BrO2. The summed E-state index contributed by atoms with van der Waals surface area (Å²) in [7, 11) is 1.65. The van der Waals surface area contributed by atoms with Crippen LogP contribution in [0, 0.1) is 5.41 Å². The number of hydrogen-bond donors (Lipinski definition) is 1. The number of aliphatic hydroxyl groups is 1. The zero-order valence-electron chi connectivity index (χ0n) is 10.4. The van der Waals surface area contributed by atoms with Gasteiger partial charge >= 0.3 is 0 Å². The van der Waals surface area contributed by atoms with Gasteiger partial charge in [0.15, 0.2) is 0 Å². The van der Waals surface area contributed by atoms with Gasteiger partial charge < -0.3 is 9.84 Å². The lowest BCUT2D eigenvalue weighted by atomic mass is 9.79. The number of benzene rings is 1. The maximum atomic E-state index is 10.6. The molecule has 0 aromatic heterocycles. The highest BCUT2D eigenvalue weighted by atomic mass is 79.9. The molecule has 3 heteroatoms. The van der Waals surface area contributed by atoms with E-state index in [9.17, 15) is 5.11 Å². The van der Waals surface area contributed by atoms with Crippen molar-refractivity contribution in [3.05, 3.63) is 28.2 Å². The van der Waals surface area contributed by atoms with Crippen LogP contribution in [0.1, 0.15) is 44.3 Å². The Morgan fingerprint density at radius 1 is 1.35 bits per heavy atom. The van der Waals surface area contributed by atoms with Gasteiger partial charge in [0.2, 0.25) is 0 Å². The lowest BCUT2D eigenvalue weighted by Crippen LogP contribution is -2.22. The molecule has 0 spiro atoms. The van der Waals surface area contributed by atoms with E-state index in [1.807, 2.05) is 18.2 Å². The topological polar surface area (TPSA) is 29.5 Å². The fourth-order valence-electron chi connectivity index (χ4n) is 2.69. The second kappa shape index (κ2) is 4.99. The van der Waals surface area contributed by atoms with Crippen molar-refractivity contribution < 1.29 is 9.84 Å². The smallest absolute Gasteiger partial charge is 0.120 e. The minimum Gasteiger partial charge on any atom is -0.497 e. The first-order chi connectivity index (χ1) is 8.07.